The molecule has 152 valence electrons. The first kappa shape index (κ1) is 22.8. The highest BCUT2D eigenvalue weighted by molar-refractivity contribution is 5.81. The molecule has 0 radical (unpaired) electrons. The van der Waals surface area contributed by atoms with Crippen molar-refractivity contribution in [2.75, 3.05) is 0 Å². The summed E-state index contributed by atoms with van der Waals surface area (Å²) in [6.07, 6.45) is -0.757. The van der Waals surface area contributed by atoms with Crippen LogP contribution in [-0.4, -0.2) is 35.9 Å². The highest BCUT2D eigenvalue weighted by atomic mass is 16.6. The number of carbonyl (C=O) groups is 2. The molecular weight excluding hydrogens is 346 g/mol. The maximum atomic E-state index is 12.4. The van der Waals surface area contributed by atoms with Gasteiger partial charge in [0.25, 0.3) is 0 Å². The Balaban J connectivity index is 2.68. The normalized spacial score (nSPS) is 14.8. The van der Waals surface area contributed by atoms with Crippen LogP contribution in [0.2, 0.25) is 0 Å². The summed E-state index contributed by atoms with van der Waals surface area (Å²) in [6, 6.07) is 8.58. The van der Waals surface area contributed by atoms with E-state index < -0.39 is 29.8 Å². The van der Waals surface area contributed by atoms with E-state index in [0.29, 0.717) is 12.3 Å². The minimum atomic E-state index is -0.821. The summed E-state index contributed by atoms with van der Waals surface area (Å²) in [7, 11) is 0. The maximum Gasteiger partial charge on any atom is 0.408 e. The molecule has 0 unspecified atom stereocenters. The Labute approximate surface area is 162 Å². The van der Waals surface area contributed by atoms with Crippen molar-refractivity contribution in [3.8, 4) is 5.75 Å². The van der Waals surface area contributed by atoms with E-state index in [1.165, 1.54) is 0 Å². The van der Waals surface area contributed by atoms with Gasteiger partial charge in [0.2, 0.25) is 0 Å². The van der Waals surface area contributed by atoms with E-state index in [-0.39, 0.29) is 6.10 Å². The molecule has 0 fully saturated rings. The summed E-state index contributed by atoms with van der Waals surface area (Å²) in [5.41, 5.74) is -0.633. The summed E-state index contributed by atoms with van der Waals surface area (Å²) < 4.78 is 16.7. The van der Waals surface area contributed by atoms with E-state index in [1.54, 1.807) is 27.7 Å². The van der Waals surface area contributed by atoms with Crippen molar-refractivity contribution in [3.05, 3.63) is 30.3 Å². The van der Waals surface area contributed by atoms with Gasteiger partial charge >= 0.3 is 12.1 Å². The fourth-order valence-electron chi connectivity index (χ4n) is 2.38. The predicted octanol–water partition coefficient (Wildman–Crippen LogP) is 4.33. The van der Waals surface area contributed by atoms with Gasteiger partial charge in [-0.1, -0.05) is 32.0 Å². The Morgan fingerprint density at radius 2 is 1.63 bits per heavy atom. The molecule has 0 saturated heterocycles. The third kappa shape index (κ3) is 9.31. The molecule has 0 bridgehead atoms. The first-order valence-electron chi connectivity index (χ1n) is 9.39. The Hall–Kier alpha value is -2.24. The predicted molar refractivity (Wildman–Crippen MR) is 105 cm³/mol. The molecule has 6 nitrogen and oxygen atoms in total. The summed E-state index contributed by atoms with van der Waals surface area (Å²) in [4.78, 5) is 24.3. The number of ether oxygens (including phenoxy) is 3. The smallest absolute Gasteiger partial charge is 0.408 e. The van der Waals surface area contributed by atoms with Crippen molar-refractivity contribution in [1.82, 2.24) is 5.32 Å². The van der Waals surface area contributed by atoms with Crippen LogP contribution in [0.3, 0.4) is 0 Å². The summed E-state index contributed by atoms with van der Waals surface area (Å²) in [5, 5.41) is 2.51. The van der Waals surface area contributed by atoms with E-state index in [1.807, 2.05) is 37.3 Å². The molecule has 1 aromatic rings. The number of alkyl carbamates (subject to hydrolysis) is 1. The van der Waals surface area contributed by atoms with E-state index >= 15 is 0 Å². The lowest BCUT2D eigenvalue weighted by molar-refractivity contribution is -0.156. The Kier molecular flexibility index (Phi) is 8.60. The van der Waals surface area contributed by atoms with Crippen LogP contribution in [-0.2, 0) is 14.3 Å². The maximum absolute atomic E-state index is 12.4. The minimum absolute atomic E-state index is 0.318. The molecule has 0 aliphatic rings. The molecule has 0 saturated carbocycles. The van der Waals surface area contributed by atoms with Crippen LogP contribution in [0.5, 0.6) is 5.75 Å². The lowest BCUT2D eigenvalue weighted by Gasteiger charge is -2.28. The number of rotatable bonds is 8. The molecule has 1 N–H and O–H groups in total. The minimum Gasteiger partial charge on any atom is -0.487 e. The summed E-state index contributed by atoms with van der Waals surface area (Å²) in [6.45, 7) is 12.8. The van der Waals surface area contributed by atoms with Crippen molar-refractivity contribution < 1.29 is 23.8 Å². The summed E-state index contributed by atoms with van der Waals surface area (Å²) >= 11 is 0. The fraction of sp³-hybridized carbons (Fsp3) is 0.619. The van der Waals surface area contributed by atoms with Gasteiger partial charge in [-0.3, -0.25) is 0 Å². The first-order valence-corrected chi connectivity index (χ1v) is 9.39. The van der Waals surface area contributed by atoms with Gasteiger partial charge in [0, 0.05) is 0 Å². The molecule has 0 aliphatic heterocycles. The van der Waals surface area contributed by atoms with Crippen molar-refractivity contribution in [2.24, 2.45) is 5.92 Å². The second-order valence-corrected chi connectivity index (χ2v) is 8.11. The van der Waals surface area contributed by atoms with Crippen molar-refractivity contribution in [1.29, 1.82) is 0 Å². The molecule has 0 spiro atoms. The van der Waals surface area contributed by atoms with Crippen LogP contribution in [0.15, 0.2) is 30.3 Å². The number of carbonyl (C=O) groups excluding carboxylic acids is 2. The average Bonchev–Trinajstić information content (AvgIpc) is 2.52. The molecule has 6 heteroatoms. The van der Waals surface area contributed by atoms with Gasteiger partial charge in [-0.2, -0.15) is 0 Å². The fourth-order valence-corrected chi connectivity index (χ4v) is 2.38. The third-order valence-corrected chi connectivity index (χ3v) is 3.65. The van der Waals surface area contributed by atoms with Crippen LogP contribution in [0, 0.1) is 5.92 Å². The quantitative estimate of drug-likeness (QED) is 0.681. The van der Waals surface area contributed by atoms with Crippen LogP contribution in [0.4, 0.5) is 4.79 Å². The Morgan fingerprint density at radius 1 is 1.04 bits per heavy atom. The lowest BCUT2D eigenvalue weighted by atomic mass is 10.0. The van der Waals surface area contributed by atoms with Gasteiger partial charge in [0.05, 0.1) is 0 Å². The number of esters is 1. The molecule has 0 aliphatic carbocycles. The van der Waals surface area contributed by atoms with Crippen LogP contribution in [0.1, 0.15) is 54.9 Å². The average molecular weight is 379 g/mol. The van der Waals surface area contributed by atoms with E-state index in [0.717, 1.165) is 5.75 Å². The zero-order chi connectivity index (χ0) is 20.6. The second-order valence-electron chi connectivity index (χ2n) is 8.11. The SMILES string of the molecule is CC(C)C[C@@H](OC(=O)[C@H](C)NC(=O)OC(C)(C)C)[C@H](C)Oc1ccccc1. The van der Waals surface area contributed by atoms with Crippen molar-refractivity contribution in [2.45, 2.75) is 78.7 Å². The zero-order valence-corrected chi connectivity index (χ0v) is 17.4. The number of hydrogen-bond donors (Lipinski definition) is 1. The molecule has 1 amide bonds. The number of hydrogen-bond acceptors (Lipinski definition) is 5. The largest absolute Gasteiger partial charge is 0.487 e. The van der Waals surface area contributed by atoms with Gasteiger partial charge in [0.1, 0.15) is 29.6 Å². The molecule has 0 heterocycles. The van der Waals surface area contributed by atoms with Gasteiger partial charge in [-0.25, -0.2) is 9.59 Å². The third-order valence-electron chi connectivity index (χ3n) is 3.65. The van der Waals surface area contributed by atoms with Gasteiger partial charge in [-0.05, 0) is 59.1 Å². The highest BCUT2D eigenvalue weighted by Crippen LogP contribution is 2.19. The van der Waals surface area contributed by atoms with Gasteiger partial charge in [-0.15, -0.1) is 0 Å². The first-order chi connectivity index (χ1) is 12.5. The van der Waals surface area contributed by atoms with E-state index in [4.69, 9.17) is 14.2 Å². The number of para-hydroxylation sites is 1. The molecule has 0 aromatic heterocycles. The number of benzene rings is 1. The topological polar surface area (TPSA) is 73.9 Å². The standard InChI is InChI=1S/C21H33NO5/c1-14(2)13-18(16(4)25-17-11-9-8-10-12-17)26-19(23)15(3)22-20(24)27-21(5,6)7/h8-12,14-16,18H,13H2,1-7H3,(H,22,24)/t15-,16-,18+/m0/s1. The zero-order valence-electron chi connectivity index (χ0n) is 17.4. The summed E-state index contributed by atoms with van der Waals surface area (Å²) in [5.74, 6) is 0.517. The highest BCUT2D eigenvalue weighted by Gasteiger charge is 2.28. The van der Waals surface area contributed by atoms with Crippen LogP contribution < -0.4 is 10.1 Å². The van der Waals surface area contributed by atoms with Crippen molar-refractivity contribution in [3.63, 3.8) is 0 Å². The Morgan fingerprint density at radius 3 is 2.15 bits per heavy atom. The number of nitrogens with one attached hydrogen (secondary N) is 1. The molecule has 27 heavy (non-hydrogen) atoms. The van der Waals surface area contributed by atoms with E-state index in [9.17, 15) is 9.59 Å². The van der Waals surface area contributed by atoms with Crippen LogP contribution in [0.25, 0.3) is 0 Å². The van der Waals surface area contributed by atoms with Gasteiger partial charge in [0.15, 0.2) is 0 Å². The molecule has 3 atom stereocenters. The monoisotopic (exact) mass is 379 g/mol. The van der Waals surface area contributed by atoms with Crippen molar-refractivity contribution >= 4 is 12.1 Å². The number of amides is 1. The molecule has 1 aromatic carbocycles. The molecule has 1 rings (SSSR count). The lowest BCUT2D eigenvalue weighted by Crippen LogP contribution is -2.45. The Bertz CT molecular complexity index is 594. The van der Waals surface area contributed by atoms with Crippen LogP contribution >= 0.6 is 0 Å². The van der Waals surface area contributed by atoms with Gasteiger partial charge < -0.3 is 19.5 Å². The molecular formula is C21H33NO5. The second kappa shape index (κ2) is 10.2. The van der Waals surface area contributed by atoms with E-state index in [2.05, 4.69) is 19.2 Å².